The van der Waals surface area contributed by atoms with Gasteiger partial charge in [-0.3, -0.25) is 0 Å². The Labute approximate surface area is 135 Å². The fourth-order valence-corrected chi connectivity index (χ4v) is 4.64. The second-order valence-electron chi connectivity index (χ2n) is 5.47. The number of sulfonamides is 1. The highest BCUT2D eigenvalue weighted by Crippen LogP contribution is 2.35. The van der Waals surface area contributed by atoms with Gasteiger partial charge in [-0.15, -0.1) is 0 Å². The first kappa shape index (κ1) is 15.7. The molecule has 0 radical (unpaired) electrons. The van der Waals surface area contributed by atoms with Crippen molar-refractivity contribution in [3.63, 3.8) is 0 Å². The van der Waals surface area contributed by atoms with Gasteiger partial charge in [0, 0.05) is 18.9 Å². The van der Waals surface area contributed by atoms with Gasteiger partial charge in [-0.1, -0.05) is 42.5 Å². The molecule has 0 N–H and O–H groups in total. The zero-order chi connectivity index (χ0) is 16.4. The largest absolute Gasteiger partial charge is 0.550 e. The van der Waals surface area contributed by atoms with Gasteiger partial charge in [0.1, 0.15) is 0 Å². The molecule has 1 heterocycles. The molecule has 1 aliphatic heterocycles. The van der Waals surface area contributed by atoms with Crippen molar-refractivity contribution in [1.29, 1.82) is 0 Å². The summed E-state index contributed by atoms with van der Waals surface area (Å²) in [6, 6.07) is 14.7. The van der Waals surface area contributed by atoms with Gasteiger partial charge in [0.15, 0.2) is 0 Å². The molecular weight excluding hydrogens is 314 g/mol. The summed E-state index contributed by atoms with van der Waals surface area (Å²) in [5, 5.41) is 11.2. The van der Waals surface area contributed by atoms with E-state index in [0.717, 1.165) is 11.1 Å². The van der Waals surface area contributed by atoms with Crippen LogP contribution in [0.5, 0.6) is 0 Å². The van der Waals surface area contributed by atoms with Crippen LogP contribution in [-0.4, -0.2) is 25.2 Å². The third-order valence-corrected chi connectivity index (χ3v) is 6.00. The lowest BCUT2D eigenvalue weighted by molar-refractivity contribution is -0.306. The summed E-state index contributed by atoms with van der Waals surface area (Å²) >= 11 is 0. The lowest BCUT2D eigenvalue weighted by Crippen LogP contribution is -2.42. The van der Waals surface area contributed by atoms with Gasteiger partial charge in [-0.25, -0.2) is 8.42 Å². The number of rotatable bonds is 4. The first-order chi connectivity index (χ1) is 11.0. The van der Waals surface area contributed by atoms with E-state index in [1.54, 1.807) is 30.3 Å². The fraction of sp³-hybridized carbons (Fsp3) is 0.235. The molecule has 1 unspecified atom stereocenters. The van der Waals surface area contributed by atoms with Crippen molar-refractivity contribution >= 4 is 16.0 Å². The summed E-state index contributed by atoms with van der Waals surface area (Å²) in [5.74, 6) is -1.26. The van der Waals surface area contributed by atoms with Crippen molar-refractivity contribution in [2.45, 2.75) is 23.8 Å². The molecule has 2 aromatic carbocycles. The maximum Gasteiger partial charge on any atom is 0.243 e. The molecule has 0 saturated carbocycles. The molecule has 3 rings (SSSR count). The maximum atomic E-state index is 12.9. The first-order valence-electron chi connectivity index (χ1n) is 7.34. The third-order valence-electron chi connectivity index (χ3n) is 4.07. The number of benzene rings is 2. The smallest absolute Gasteiger partial charge is 0.243 e. The Hall–Kier alpha value is -2.18. The molecule has 1 aliphatic rings. The molecule has 1 atom stereocenters. The average Bonchev–Trinajstić information content (AvgIpc) is 2.55. The molecule has 6 heteroatoms. The minimum Gasteiger partial charge on any atom is -0.550 e. The molecular formula is C17H16NO4S-. The summed E-state index contributed by atoms with van der Waals surface area (Å²) < 4.78 is 27.1. The molecule has 23 heavy (non-hydrogen) atoms. The number of carbonyl (C=O) groups is 1. The normalized spacial score (nSPS) is 18.3. The highest BCUT2D eigenvalue weighted by atomic mass is 32.2. The minimum atomic E-state index is -3.76. The van der Waals surface area contributed by atoms with Crippen LogP contribution >= 0.6 is 0 Å². The lowest BCUT2D eigenvalue weighted by atomic mass is 9.92. The Balaban J connectivity index is 2.06. The van der Waals surface area contributed by atoms with Crippen molar-refractivity contribution in [3.8, 4) is 0 Å². The quantitative estimate of drug-likeness (QED) is 0.841. The molecule has 0 aliphatic carbocycles. The summed E-state index contributed by atoms with van der Waals surface area (Å²) in [5.41, 5.74) is 1.72. The number of carboxylic acid groups (broad SMARTS) is 1. The lowest BCUT2D eigenvalue weighted by Gasteiger charge is -2.36. The predicted octanol–water partition coefficient (Wildman–Crippen LogP) is 1.11. The van der Waals surface area contributed by atoms with E-state index in [9.17, 15) is 18.3 Å². The van der Waals surface area contributed by atoms with Gasteiger partial charge in [0.05, 0.1) is 10.9 Å². The van der Waals surface area contributed by atoms with Crippen LogP contribution in [0, 0.1) is 0 Å². The van der Waals surface area contributed by atoms with Gasteiger partial charge in [-0.2, -0.15) is 4.31 Å². The second kappa shape index (κ2) is 6.14. The Morgan fingerprint density at radius 1 is 1.09 bits per heavy atom. The van der Waals surface area contributed by atoms with E-state index in [4.69, 9.17) is 0 Å². The van der Waals surface area contributed by atoms with Crippen molar-refractivity contribution < 1.29 is 18.3 Å². The minimum absolute atomic E-state index is 0.169. The SMILES string of the molecule is O=C([O-])CC1c2ccccc2CCN1S(=O)(=O)c1ccccc1. The molecule has 0 fully saturated rings. The first-order valence-corrected chi connectivity index (χ1v) is 8.78. The molecule has 0 spiro atoms. The van der Waals surface area contributed by atoms with Crippen molar-refractivity contribution in [2.24, 2.45) is 0 Å². The van der Waals surface area contributed by atoms with E-state index in [0.29, 0.717) is 6.42 Å². The van der Waals surface area contributed by atoms with Crippen molar-refractivity contribution in [1.82, 2.24) is 4.31 Å². The third kappa shape index (κ3) is 3.00. The van der Waals surface area contributed by atoms with Gasteiger partial charge < -0.3 is 9.90 Å². The Kier molecular flexibility index (Phi) is 4.19. The number of fused-ring (bicyclic) bond motifs is 1. The monoisotopic (exact) mass is 330 g/mol. The van der Waals surface area contributed by atoms with E-state index in [1.165, 1.54) is 16.4 Å². The van der Waals surface area contributed by atoms with Crippen LogP contribution in [0.2, 0.25) is 0 Å². The number of hydrogen-bond acceptors (Lipinski definition) is 4. The molecule has 2 aromatic rings. The average molecular weight is 330 g/mol. The van der Waals surface area contributed by atoms with E-state index >= 15 is 0 Å². The van der Waals surface area contributed by atoms with E-state index in [1.807, 2.05) is 12.1 Å². The van der Waals surface area contributed by atoms with E-state index < -0.39 is 22.0 Å². The summed E-state index contributed by atoms with van der Waals surface area (Å²) in [6.07, 6.45) is 0.203. The summed E-state index contributed by atoms with van der Waals surface area (Å²) in [6.45, 7) is 0.256. The number of nitrogens with zero attached hydrogens (tertiary/aromatic N) is 1. The van der Waals surface area contributed by atoms with Crippen LogP contribution in [0.25, 0.3) is 0 Å². The number of carbonyl (C=O) groups excluding carboxylic acids is 1. The number of hydrogen-bond donors (Lipinski definition) is 0. The fourth-order valence-electron chi connectivity index (χ4n) is 3.01. The van der Waals surface area contributed by atoms with Crippen LogP contribution in [0.4, 0.5) is 0 Å². The Bertz CT molecular complexity index is 817. The van der Waals surface area contributed by atoms with Crippen LogP contribution in [0.1, 0.15) is 23.6 Å². The molecule has 120 valence electrons. The van der Waals surface area contributed by atoms with Crippen molar-refractivity contribution in [3.05, 3.63) is 65.7 Å². The van der Waals surface area contributed by atoms with Gasteiger partial charge in [-0.05, 0) is 29.7 Å². The van der Waals surface area contributed by atoms with Crippen LogP contribution in [0.15, 0.2) is 59.5 Å². The number of aliphatic carboxylic acids is 1. The predicted molar refractivity (Wildman–Crippen MR) is 82.8 cm³/mol. The second-order valence-corrected chi connectivity index (χ2v) is 7.36. The Morgan fingerprint density at radius 3 is 2.43 bits per heavy atom. The van der Waals surface area contributed by atoms with Gasteiger partial charge in [0.25, 0.3) is 0 Å². The van der Waals surface area contributed by atoms with Crippen LogP contribution in [0.3, 0.4) is 0 Å². The van der Waals surface area contributed by atoms with Crippen LogP contribution < -0.4 is 5.11 Å². The molecule has 0 aromatic heterocycles. The molecule has 5 nitrogen and oxygen atoms in total. The number of carboxylic acids is 1. The zero-order valence-corrected chi connectivity index (χ0v) is 13.2. The van der Waals surface area contributed by atoms with Gasteiger partial charge in [0.2, 0.25) is 10.0 Å². The highest BCUT2D eigenvalue weighted by molar-refractivity contribution is 7.89. The Morgan fingerprint density at radius 2 is 1.74 bits per heavy atom. The van der Waals surface area contributed by atoms with E-state index in [2.05, 4.69) is 0 Å². The van der Waals surface area contributed by atoms with E-state index in [-0.39, 0.29) is 17.9 Å². The standard InChI is InChI=1S/C17H17NO4S/c19-17(20)12-16-15-9-5-4-6-13(15)10-11-18(16)23(21,22)14-7-2-1-3-8-14/h1-9,16H,10-12H2,(H,19,20)/p-1. The highest BCUT2D eigenvalue weighted by Gasteiger charge is 2.36. The maximum absolute atomic E-state index is 12.9. The summed E-state index contributed by atoms with van der Waals surface area (Å²) in [7, 11) is -3.76. The van der Waals surface area contributed by atoms with Crippen molar-refractivity contribution in [2.75, 3.05) is 6.54 Å². The summed E-state index contributed by atoms with van der Waals surface area (Å²) in [4.78, 5) is 11.3. The van der Waals surface area contributed by atoms with Crippen LogP contribution in [-0.2, 0) is 21.2 Å². The zero-order valence-electron chi connectivity index (χ0n) is 12.4. The van der Waals surface area contributed by atoms with Gasteiger partial charge >= 0.3 is 0 Å². The molecule has 0 bridgehead atoms. The molecule has 0 amide bonds. The molecule has 0 saturated heterocycles. The topological polar surface area (TPSA) is 77.5 Å².